The van der Waals surface area contributed by atoms with E-state index in [2.05, 4.69) is 32.7 Å². The van der Waals surface area contributed by atoms with Crippen molar-refractivity contribution in [3.63, 3.8) is 0 Å². The maximum absolute atomic E-state index is 14.1. The Balaban J connectivity index is 2.04. The number of nitrogens with zero attached hydrogens (tertiary/aromatic N) is 2. The summed E-state index contributed by atoms with van der Waals surface area (Å²) >= 11 is 0. The lowest BCUT2D eigenvalue weighted by Gasteiger charge is -2.42. The molecular formula is C25H27F3N2O2. The molecular weight excluding hydrogens is 417 g/mol. The quantitative estimate of drug-likeness (QED) is 0.425. The van der Waals surface area contributed by atoms with Gasteiger partial charge in [-0.2, -0.15) is 13.2 Å². The number of carbonyl (C=O) groups excluding carboxylic acids is 1. The number of carbonyl (C=O) groups is 1. The molecule has 0 N–H and O–H groups in total. The van der Waals surface area contributed by atoms with Crippen LogP contribution in [0.5, 0.6) is 0 Å². The van der Waals surface area contributed by atoms with Crippen molar-refractivity contribution in [2.45, 2.75) is 64.5 Å². The van der Waals surface area contributed by atoms with Crippen molar-refractivity contribution < 1.29 is 22.7 Å². The Bertz CT molecular complexity index is 1240. The van der Waals surface area contributed by atoms with Crippen LogP contribution in [0.25, 0.3) is 16.7 Å². The van der Waals surface area contributed by atoms with E-state index in [-0.39, 0.29) is 21.9 Å². The molecule has 3 aromatic rings. The van der Waals surface area contributed by atoms with Gasteiger partial charge in [0.15, 0.2) is 0 Å². The van der Waals surface area contributed by atoms with Crippen molar-refractivity contribution in [1.29, 1.82) is 0 Å². The largest absolute Gasteiger partial charge is 0.465 e. The molecule has 4 rings (SSSR count). The lowest BCUT2D eigenvalue weighted by atomic mass is 9.63. The zero-order valence-electron chi connectivity index (χ0n) is 19.1. The van der Waals surface area contributed by atoms with Crippen LogP contribution in [0, 0.1) is 6.92 Å². The molecule has 1 heterocycles. The lowest BCUT2D eigenvalue weighted by molar-refractivity contribution is -0.145. The number of alkyl halides is 3. The van der Waals surface area contributed by atoms with Gasteiger partial charge in [0.2, 0.25) is 5.82 Å². The van der Waals surface area contributed by atoms with Crippen molar-refractivity contribution in [2.75, 3.05) is 7.11 Å². The van der Waals surface area contributed by atoms with E-state index in [0.29, 0.717) is 11.2 Å². The minimum atomic E-state index is -4.67. The van der Waals surface area contributed by atoms with Gasteiger partial charge in [-0.25, -0.2) is 9.78 Å². The first-order chi connectivity index (χ1) is 14.8. The number of hydrogen-bond donors (Lipinski definition) is 0. The number of ether oxygens (including phenoxy) is 1. The number of imidazole rings is 1. The Hall–Kier alpha value is -2.83. The number of halogens is 3. The highest BCUT2D eigenvalue weighted by Crippen LogP contribution is 2.47. The van der Waals surface area contributed by atoms with Gasteiger partial charge in [-0.3, -0.25) is 4.57 Å². The van der Waals surface area contributed by atoms with Crippen molar-refractivity contribution in [3.05, 3.63) is 58.4 Å². The van der Waals surface area contributed by atoms with Gasteiger partial charge in [0, 0.05) is 0 Å². The Labute approximate surface area is 185 Å². The fourth-order valence-corrected chi connectivity index (χ4v) is 4.71. The molecule has 7 heteroatoms. The average molecular weight is 444 g/mol. The molecule has 32 heavy (non-hydrogen) atoms. The molecule has 0 fully saturated rings. The molecule has 0 aliphatic heterocycles. The van der Waals surface area contributed by atoms with Crippen molar-refractivity contribution in [3.8, 4) is 5.69 Å². The van der Waals surface area contributed by atoms with Gasteiger partial charge in [-0.05, 0) is 71.6 Å². The third-order valence-electron chi connectivity index (χ3n) is 6.74. The third-order valence-corrected chi connectivity index (χ3v) is 6.74. The van der Waals surface area contributed by atoms with Crippen molar-refractivity contribution in [2.24, 2.45) is 0 Å². The Kier molecular flexibility index (Phi) is 4.95. The summed E-state index contributed by atoms with van der Waals surface area (Å²) in [6.07, 6.45) is -2.69. The number of esters is 1. The second-order valence-corrected chi connectivity index (χ2v) is 9.92. The van der Waals surface area contributed by atoms with Crippen LogP contribution in [0.1, 0.15) is 73.4 Å². The van der Waals surface area contributed by atoms with Crippen LogP contribution in [0.4, 0.5) is 13.2 Å². The van der Waals surface area contributed by atoms with E-state index >= 15 is 0 Å². The molecule has 0 saturated carbocycles. The number of aryl methyl sites for hydroxylation is 1. The summed E-state index contributed by atoms with van der Waals surface area (Å²) in [6.45, 7) is 10.5. The van der Waals surface area contributed by atoms with Crippen LogP contribution in [0.3, 0.4) is 0 Å². The van der Waals surface area contributed by atoms with Crippen LogP contribution in [-0.2, 0) is 21.7 Å². The predicted molar refractivity (Wildman–Crippen MR) is 117 cm³/mol. The van der Waals surface area contributed by atoms with E-state index < -0.39 is 18.0 Å². The van der Waals surface area contributed by atoms with Gasteiger partial charge in [-0.15, -0.1) is 0 Å². The van der Waals surface area contributed by atoms with E-state index in [0.717, 1.165) is 24.0 Å². The van der Waals surface area contributed by atoms with E-state index in [1.54, 1.807) is 0 Å². The minimum absolute atomic E-state index is 0.0482. The normalized spacial score (nSPS) is 17.3. The number of hydrogen-bond acceptors (Lipinski definition) is 3. The van der Waals surface area contributed by atoms with Gasteiger partial charge < -0.3 is 4.74 Å². The van der Waals surface area contributed by atoms with E-state index in [1.807, 2.05) is 19.1 Å². The summed E-state index contributed by atoms with van der Waals surface area (Å²) in [5.74, 6) is -1.63. The smallest absolute Gasteiger partial charge is 0.450 e. The number of methoxy groups -OCH3 is 1. The summed E-state index contributed by atoms with van der Waals surface area (Å²) in [6, 6.07) is 8.23. The molecule has 0 radical (unpaired) electrons. The van der Waals surface area contributed by atoms with Crippen LogP contribution in [0.15, 0.2) is 30.3 Å². The van der Waals surface area contributed by atoms with E-state index in [1.165, 1.54) is 35.4 Å². The Morgan fingerprint density at radius 3 is 2.19 bits per heavy atom. The van der Waals surface area contributed by atoms with Crippen LogP contribution < -0.4 is 0 Å². The molecule has 2 aromatic carbocycles. The number of benzene rings is 2. The van der Waals surface area contributed by atoms with Crippen molar-refractivity contribution >= 4 is 17.0 Å². The number of rotatable bonds is 2. The highest BCUT2D eigenvalue weighted by atomic mass is 19.4. The highest BCUT2D eigenvalue weighted by Gasteiger charge is 2.41. The lowest BCUT2D eigenvalue weighted by Crippen LogP contribution is -2.34. The zero-order chi connectivity index (χ0) is 23.6. The minimum Gasteiger partial charge on any atom is -0.465 e. The molecule has 0 saturated heterocycles. The molecule has 1 aliphatic carbocycles. The van der Waals surface area contributed by atoms with Crippen molar-refractivity contribution in [1.82, 2.24) is 9.55 Å². The molecule has 0 atom stereocenters. The van der Waals surface area contributed by atoms with Gasteiger partial charge in [0.1, 0.15) is 0 Å². The first-order valence-corrected chi connectivity index (χ1v) is 10.6. The molecule has 4 nitrogen and oxygen atoms in total. The first-order valence-electron chi connectivity index (χ1n) is 10.6. The second kappa shape index (κ2) is 7.09. The molecule has 170 valence electrons. The summed E-state index contributed by atoms with van der Waals surface area (Å²) in [5, 5.41) is 0. The van der Waals surface area contributed by atoms with E-state index in [4.69, 9.17) is 4.74 Å². The highest BCUT2D eigenvalue weighted by molar-refractivity contribution is 5.94. The Morgan fingerprint density at radius 1 is 1.03 bits per heavy atom. The standard InChI is InChI=1S/C25H27F3N2O2/c1-14-11-16-17(24(4,5)10-9-23(16,2)3)13-20(14)30-19-8-7-15(21(31)32-6)12-18(19)29-22(30)25(26,27)28/h7-8,11-13H,9-10H2,1-6H3. The summed E-state index contributed by atoms with van der Waals surface area (Å²) in [7, 11) is 1.23. The summed E-state index contributed by atoms with van der Waals surface area (Å²) < 4.78 is 48.1. The van der Waals surface area contributed by atoms with Crippen LogP contribution in [0.2, 0.25) is 0 Å². The zero-order valence-corrected chi connectivity index (χ0v) is 19.1. The monoisotopic (exact) mass is 444 g/mol. The van der Waals surface area contributed by atoms with E-state index in [9.17, 15) is 18.0 Å². The molecule has 1 aliphatic rings. The van der Waals surface area contributed by atoms with Gasteiger partial charge >= 0.3 is 12.1 Å². The molecule has 0 bridgehead atoms. The number of aromatic nitrogens is 2. The topological polar surface area (TPSA) is 44.1 Å². The molecule has 0 spiro atoms. The third kappa shape index (κ3) is 3.48. The summed E-state index contributed by atoms with van der Waals surface area (Å²) in [4.78, 5) is 15.8. The first kappa shape index (κ1) is 22.4. The Morgan fingerprint density at radius 2 is 1.62 bits per heavy atom. The predicted octanol–water partition coefficient (Wildman–Crippen LogP) is 6.49. The maximum Gasteiger partial charge on any atom is 0.450 e. The van der Waals surface area contributed by atoms with Gasteiger partial charge in [-0.1, -0.05) is 33.8 Å². The average Bonchev–Trinajstić information content (AvgIpc) is 3.09. The molecule has 1 aromatic heterocycles. The SMILES string of the molecule is COC(=O)c1ccc2c(c1)nc(C(F)(F)F)n2-c1cc2c(cc1C)C(C)(C)CCC2(C)C. The van der Waals surface area contributed by atoms with Gasteiger partial charge in [0.25, 0.3) is 0 Å². The fourth-order valence-electron chi connectivity index (χ4n) is 4.71. The molecule has 0 unspecified atom stereocenters. The maximum atomic E-state index is 14.1. The van der Waals surface area contributed by atoms with Crippen LogP contribution in [-0.4, -0.2) is 22.6 Å². The molecule has 0 amide bonds. The van der Waals surface area contributed by atoms with Crippen LogP contribution >= 0.6 is 0 Å². The van der Waals surface area contributed by atoms with Gasteiger partial charge in [0.05, 0.1) is 29.4 Å². The number of fused-ring (bicyclic) bond motifs is 2. The second-order valence-electron chi connectivity index (χ2n) is 9.92. The fraction of sp³-hybridized carbons (Fsp3) is 0.440. The summed E-state index contributed by atoms with van der Waals surface area (Å²) in [5.41, 5.74) is 3.79.